The summed E-state index contributed by atoms with van der Waals surface area (Å²) in [5, 5.41) is 6.00. The Hall–Kier alpha value is -1.99. The highest BCUT2D eigenvalue weighted by Crippen LogP contribution is 2.36. The van der Waals surface area contributed by atoms with Crippen LogP contribution in [0.5, 0.6) is 0 Å². The van der Waals surface area contributed by atoms with E-state index in [9.17, 15) is 4.79 Å². The molecule has 0 saturated heterocycles. The highest BCUT2D eigenvalue weighted by molar-refractivity contribution is 7.19. The third-order valence-electron chi connectivity index (χ3n) is 3.94. The fraction of sp³-hybridized carbons (Fsp3) is 0.389. The minimum atomic E-state index is -0.00783. The van der Waals surface area contributed by atoms with Gasteiger partial charge in [-0.2, -0.15) is 0 Å². The number of aromatic nitrogens is 2. The van der Waals surface area contributed by atoms with Gasteiger partial charge in [-0.25, -0.2) is 9.97 Å². The van der Waals surface area contributed by atoms with Crippen LogP contribution in [-0.4, -0.2) is 35.5 Å². The van der Waals surface area contributed by atoms with E-state index < -0.39 is 0 Å². The van der Waals surface area contributed by atoms with E-state index in [1.165, 1.54) is 10.4 Å². The number of rotatable bonds is 5. The molecule has 25 heavy (non-hydrogen) atoms. The average Bonchev–Trinajstić information content (AvgIpc) is 3.15. The number of fused-ring (bicyclic) bond motifs is 1. The van der Waals surface area contributed by atoms with Crippen molar-refractivity contribution in [3.8, 4) is 10.7 Å². The predicted molar refractivity (Wildman–Crippen MR) is 107 cm³/mol. The van der Waals surface area contributed by atoms with Gasteiger partial charge in [0.2, 0.25) is 5.91 Å². The van der Waals surface area contributed by atoms with Crippen molar-refractivity contribution < 1.29 is 4.79 Å². The standard InChI is InChI=1S/C18H22N4OS2/c1-10(2)19-14(23)9-22(5)17-15-11(3)12(4)25-18(15)21-16(20-17)13-7-6-8-24-13/h6-8,10H,9H2,1-5H3,(H,19,23). The maximum absolute atomic E-state index is 12.2. The molecule has 5 nitrogen and oxygen atoms in total. The van der Waals surface area contributed by atoms with E-state index in [0.29, 0.717) is 0 Å². The number of thiophene rings is 2. The molecular weight excluding hydrogens is 352 g/mol. The highest BCUT2D eigenvalue weighted by Gasteiger charge is 2.20. The Morgan fingerprint density at radius 3 is 2.72 bits per heavy atom. The van der Waals surface area contributed by atoms with Crippen LogP contribution in [-0.2, 0) is 4.79 Å². The van der Waals surface area contributed by atoms with Crippen LogP contribution in [0, 0.1) is 13.8 Å². The van der Waals surface area contributed by atoms with Gasteiger partial charge in [0, 0.05) is 18.0 Å². The molecule has 0 aliphatic rings. The molecule has 7 heteroatoms. The van der Waals surface area contributed by atoms with Crippen LogP contribution in [0.3, 0.4) is 0 Å². The van der Waals surface area contributed by atoms with Gasteiger partial charge in [0.05, 0.1) is 16.8 Å². The fourth-order valence-corrected chi connectivity index (χ4v) is 4.36. The number of nitrogens with one attached hydrogen (secondary N) is 1. The minimum Gasteiger partial charge on any atom is -0.352 e. The van der Waals surface area contributed by atoms with Gasteiger partial charge in [-0.05, 0) is 44.7 Å². The zero-order valence-electron chi connectivity index (χ0n) is 15.1. The topological polar surface area (TPSA) is 58.1 Å². The first-order valence-electron chi connectivity index (χ1n) is 8.19. The number of carbonyl (C=O) groups excluding carboxylic acids is 1. The van der Waals surface area contributed by atoms with Crippen molar-refractivity contribution >= 4 is 44.6 Å². The van der Waals surface area contributed by atoms with Crippen LogP contribution in [0.1, 0.15) is 24.3 Å². The molecule has 0 atom stereocenters. The monoisotopic (exact) mass is 374 g/mol. The second kappa shape index (κ2) is 7.09. The van der Waals surface area contributed by atoms with Gasteiger partial charge in [-0.1, -0.05) is 6.07 Å². The quantitative estimate of drug-likeness (QED) is 0.733. The molecule has 0 bridgehead atoms. The smallest absolute Gasteiger partial charge is 0.239 e. The number of nitrogens with zero attached hydrogens (tertiary/aromatic N) is 3. The lowest BCUT2D eigenvalue weighted by atomic mass is 10.2. The molecule has 0 spiro atoms. The van der Waals surface area contributed by atoms with E-state index in [2.05, 4.69) is 19.2 Å². The summed E-state index contributed by atoms with van der Waals surface area (Å²) in [6.45, 7) is 8.38. The van der Waals surface area contributed by atoms with Gasteiger partial charge in [0.1, 0.15) is 10.6 Å². The molecule has 0 radical (unpaired) electrons. The van der Waals surface area contributed by atoms with Gasteiger partial charge in [0.25, 0.3) is 0 Å². The molecule has 3 rings (SSSR count). The van der Waals surface area contributed by atoms with E-state index >= 15 is 0 Å². The molecule has 3 aromatic rings. The summed E-state index contributed by atoms with van der Waals surface area (Å²) >= 11 is 3.30. The van der Waals surface area contributed by atoms with E-state index in [1.54, 1.807) is 22.7 Å². The Bertz CT molecular complexity index is 900. The third kappa shape index (κ3) is 3.67. The van der Waals surface area contributed by atoms with Crippen molar-refractivity contribution in [1.29, 1.82) is 0 Å². The van der Waals surface area contributed by atoms with Crippen molar-refractivity contribution in [3.63, 3.8) is 0 Å². The van der Waals surface area contributed by atoms with Crippen molar-refractivity contribution in [2.45, 2.75) is 33.7 Å². The molecular formula is C18H22N4OS2. The largest absolute Gasteiger partial charge is 0.352 e. The van der Waals surface area contributed by atoms with Gasteiger partial charge >= 0.3 is 0 Å². The zero-order chi connectivity index (χ0) is 18.1. The molecule has 1 amide bonds. The van der Waals surface area contributed by atoms with Crippen LogP contribution in [0.25, 0.3) is 20.9 Å². The molecule has 0 saturated carbocycles. The van der Waals surface area contributed by atoms with Crippen LogP contribution in [0.2, 0.25) is 0 Å². The SMILES string of the molecule is Cc1sc2nc(-c3cccs3)nc(N(C)CC(=O)NC(C)C)c2c1C. The van der Waals surface area contributed by atoms with Crippen LogP contribution in [0.4, 0.5) is 5.82 Å². The van der Waals surface area contributed by atoms with E-state index in [4.69, 9.17) is 9.97 Å². The van der Waals surface area contributed by atoms with Crippen molar-refractivity contribution in [2.75, 3.05) is 18.5 Å². The summed E-state index contributed by atoms with van der Waals surface area (Å²) < 4.78 is 0. The number of hydrogen-bond acceptors (Lipinski definition) is 6. The Labute approximate surface area is 155 Å². The summed E-state index contributed by atoms with van der Waals surface area (Å²) in [7, 11) is 1.91. The lowest BCUT2D eigenvalue weighted by Gasteiger charge is -2.20. The molecule has 0 aliphatic carbocycles. The molecule has 1 N–H and O–H groups in total. The maximum atomic E-state index is 12.2. The first-order valence-corrected chi connectivity index (χ1v) is 9.88. The lowest BCUT2D eigenvalue weighted by molar-refractivity contribution is -0.120. The first kappa shape index (κ1) is 17.8. The van der Waals surface area contributed by atoms with Crippen molar-refractivity contribution in [2.24, 2.45) is 0 Å². The van der Waals surface area contributed by atoms with Crippen molar-refractivity contribution in [3.05, 3.63) is 28.0 Å². The van der Waals surface area contributed by atoms with Gasteiger partial charge in [0.15, 0.2) is 5.82 Å². The molecule has 0 aliphatic heterocycles. The summed E-state index contributed by atoms with van der Waals surface area (Å²) in [6, 6.07) is 4.14. The Balaban J connectivity index is 2.06. The summed E-state index contributed by atoms with van der Waals surface area (Å²) in [4.78, 5) is 26.9. The Morgan fingerprint density at radius 2 is 2.08 bits per heavy atom. The number of hydrogen-bond donors (Lipinski definition) is 1. The van der Waals surface area contributed by atoms with Crippen LogP contribution in [0.15, 0.2) is 17.5 Å². The summed E-state index contributed by atoms with van der Waals surface area (Å²) in [5.41, 5.74) is 1.18. The average molecular weight is 375 g/mol. The molecule has 0 fully saturated rings. The Morgan fingerprint density at radius 1 is 1.32 bits per heavy atom. The van der Waals surface area contributed by atoms with E-state index in [1.807, 2.05) is 43.3 Å². The number of amides is 1. The molecule has 3 heterocycles. The van der Waals surface area contributed by atoms with Gasteiger partial charge in [-0.3, -0.25) is 4.79 Å². The molecule has 0 aromatic carbocycles. The normalized spacial score (nSPS) is 11.3. The summed E-state index contributed by atoms with van der Waals surface area (Å²) in [5.74, 6) is 1.52. The zero-order valence-corrected chi connectivity index (χ0v) is 16.7. The third-order valence-corrected chi connectivity index (χ3v) is 5.91. The van der Waals surface area contributed by atoms with E-state index in [-0.39, 0.29) is 18.5 Å². The lowest BCUT2D eigenvalue weighted by Crippen LogP contribution is -2.39. The number of carbonyl (C=O) groups is 1. The maximum Gasteiger partial charge on any atom is 0.239 e. The van der Waals surface area contributed by atoms with E-state index in [0.717, 1.165) is 26.7 Å². The summed E-state index contributed by atoms with van der Waals surface area (Å²) in [6.07, 6.45) is 0. The predicted octanol–water partition coefficient (Wildman–Crippen LogP) is 4.00. The second-order valence-electron chi connectivity index (χ2n) is 6.39. The van der Waals surface area contributed by atoms with Gasteiger partial charge < -0.3 is 10.2 Å². The Kier molecular flexibility index (Phi) is 5.06. The second-order valence-corrected chi connectivity index (χ2v) is 8.54. The molecule has 132 valence electrons. The fourth-order valence-electron chi connectivity index (χ4n) is 2.68. The van der Waals surface area contributed by atoms with Gasteiger partial charge in [-0.15, -0.1) is 22.7 Å². The number of aryl methyl sites for hydroxylation is 2. The highest BCUT2D eigenvalue weighted by atomic mass is 32.1. The number of anilines is 1. The van der Waals surface area contributed by atoms with Crippen LogP contribution >= 0.6 is 22.7 Å². The van der Waals surface area contributed by atoms with Crippen LogP contribution < -0.4 is 10.2 Å². The van der Waals surface area contributed by atoms with Crippen molar-refractivity contribution in [1.82, 2.24) is 15.3 Å². The first-order chi connectivity index (χ1) is 11.9. The molecule has 0 unspecified atom stereocenters. The molecule has 3 aromatic heterocycles. The number of likely N-dealkylation sites (N-methyl/N-ethyl adjacent to an activating group) is 1. The minimum absolute atomic E-state index is 0.00783.